The van der Waals surface area contributed by atoms with E-state index in [4.69, 9.17) is 11.6 Å². The third kappa shape index (κ3) is 2.34. The molecule has 0 aliphatic carbocycles. The maximum atomic E-state index is 6.00. The number of anilines is 1. The maximum absolute atomic E-state index is 6.00. The minimum Gasteiger partial charge on any atom is -0.369 e. The number of aryl methyl sites for hydroxylation is 1. The van der Waals surface area contributed by atoms with Crippen molar-refractivity contribution in [3.05, 3.63) is 23.0 Å². The molecule has 1 aromatic heterocycles. The van der Waals surface area contributed by atoms with Crippen LogP contribution in [0.25, 0.3) is 0 Å². The fourth-order valence-corrected chi connectivity index (χ4v) is 3.31. The molecule has 0 bridgehead atoms. The number of aromatic nitrogens is 1. The Balaban J connectivity index is 1.80. The lowest BCUT2D eigenvalue weighted by Crippen LogP contribution is -2.38. The van der Waals surface area contributed by atoms with Crippen LogP contribution in [-0.4, -0.2) is 30.7 Å². The second-order valence-corrected chi connectivity index (χ2v) is 5.86. The number of pyridine rings is 1. The van der Waals surface area contributed by atoms with Crippen LogP contribution in [0.2, 0.25) is 5.15 Å². The lowest BCUT2D eigenvalue weighted by Gasteiger charge is -2.26. The van der Waals surface area contributed by atoms with Crippen molar-refractivity contribution >= 4 is 17.3 Å². The number of hydrogen-bond donors (Lipinski definition) is 1. The summed E-state index contributed by atoms with van der Waals surface area (Å²) in [5, 5.41) is 4.25. The summed E-state index contributed by atoms with van der Waals surface area (Å²) in [5.41, 5.74) is 2.28. The summed E-state index contributed by atoms with van der Waals surface area (Å²) in [6, 6.07) is 2.81. The van der Waals surface area contributed by atoms with Crippen molar-refractivity contribution < 1.29 is 0 Å². The molecule has 3 rings (SSSR count). The van der Waals surface area contributed by atoms with E-state index < -0.39 is 0 Å². The van der Waals surface area contributed by atoms with Crippen LogP contribution in [0.5, 0.6) is 0 Å². The van der Waals surface area contributed by atoms with Crippen LogP contribution in [0.3, 0.4) is 0 Å². The minimum absolute atomic E-state index is 0.616. The highest BCUT2D eigenvalue weighted by Gasteiger charge is 2.30. The van der Waals surface area contributed by atoms with Crippen molar-refractivity contribution in [1.82, 2.24) is 10.3 Å². The standard InChI is InChI=1S/C14H20ClN3/c1-10-7-12(8-17-14(10)15)18-6-2-3-11-4-5-16-13(11)9-18/h7-8,11,13,16H,2-6,9H2,1H3/t11-,13-/m0/s1. The Bertz CT molecular complexity index is 435. The van der Waals surface area contributed by atoms with Gasteiger partial charge in [-0.05, 0) is 50.3 Å². The van der Waals surface area contributed by atoms with Gasteiger partial charge < -0.3 is 10.2 Å². The Kier molecular flexibility index (Phi) is 3.44. The van der Waals surface area contributed by atoms with Crippen LogP contribution in [-0.2, 0) is 0 Å². The number of fused-ring (bicyclic) bond motifs is 1. The summed E-state index contributed by atoms with van der Waals surface area (Å²) in [4.78, 5) is 6.73. The third-order valence-corrected chi connectivity index (χ3v) is 4.67. The largest absolute Gasteiger partial charge is 0.369 e. The SMILES string of the molecule is Cc1cc(N2CCC[C@H]3CCN[C@H]3C2)cnc1Cl. The van der Waals surface area contributed by atoms with Gasteiger partial charge in [0, 0.05) is 19.1 Å². The van der Waals surface area contributed by atoms with Gasteiger partial charge in [0.05, 0.1) is 11.9 Å². The first-order valence-electron chi connectivity index (χ1n) is 6.84. The minimum atomic E-state index is 0.616. The molecule has 98 valence electrons. The van der Waals surface area contributed by atoms with Gasteiger partial charge in [-0.1, -0.05) is 11.6 Å². The first-order chi connectivity index (χ1) is 8.74. The van der Waals surface area contributed by atoms with E-state index in [-0.39, 0.29) is 0 Å². The number of nitrogens with one attached hydrogen (secondary N) is 1. The second kappa shape index (κ2) is 5.06. The maximum Gasteiger partial charge on any atom is 0.132 e. The Morgan fingerprint density at radius 3 is 3.17 bits per heavy atom. The zero-order chi connectivity index (χ0) is 12.5. The van der Waals surface area contributed by atoms with Gasteiger partial charge in [-0.3, -0.25) is 0 Å². The second-order valence-electron chi connectivity index (χ2n) is 5.50. The molecule has 3 nitrogen and oxygen atoms in total. The lowest BCUT2D eigenvalue weighted by molar-refractivity contribution is 0.445. The number of rotatable bonds is 1. The normalized spacial score (nSPS) is 28.0. The number of nitrogens with zero attached hydrogens (tertiary/aromatic N) is 2. The van der Waals surface area contributed by atoms with E-state index in [1.807, 2.05) is 13.1 Å². The van der Waals surface area contributed by atoms with Gasteiger partial charge in [0.2, 0.25) is 0 Å². The molecule has 1 N–H and O–H groups in total. The predicted octanol–water partition coefficient (Wildman–Crippen LogP) is 2.62. The van der Waals surface area contributed by atoms with Crippen molar-refractivity contribution in [1.29, 1.82) is 0 Å². The van der Waals surface area contributed by atoms with Crippen molar-refractivity contribution in [3.8, 4) is 0 Å². The Hall–Kier alpha value is -0.800. The summed E-state index contributed by atoms with van der Waals surface area (Å²) in [6.07, 6.45) is 5.89. The van der Waals surface area contributed by atoms with Gasteiger partial charge in [-0.2, -0.15) is 0 Å². The van der Waals surface area contributed by atoms with E-state index in [0.29, 0.717) is 11.2 Å². The van der Waals surface area contributed by atoms with Gasteiger partial charge >= 0.3 is 0 Å². The Morgan fingerprint density at radius 1 is 1.44 bits per heavy atom. The summed E-state index contributed by atoms with van der Waals surface area (Å²) in [7, 11) is 0. The monoisotopic (exact) mass is 265 g/mol. The average Bonchev–Trinajstić information content (AvgIpc) is 2.70. The summed E-state index contributed by atoms with van der Waals surface area (Å²) < 4.78 is 0. The first kappa shape index (κ1) is 12.2. The van der Waals surface area contributed by atoms with Crippen molar-refractivity contribution in [2.24, 2.45) is 5.92 Å². The molecule has 18 heavy (non-hydrogen) atoms. The van der Waals surface area contributed by atoms with E-state index in [1.165, 1.54) is 31.5 Å². The van der Waals surface area contributed by atoms with Crippen LogP contribution in [0.4, 0.5) is 5.69 Å². The highest BCUT2D eigenvalue weighted by Crippen LogP contribution is 2.28. The molecule has 3 heterocycles. The van der Waals surface area contributed by atoms with E-state index in [0.717, 1.165) is 24.6 Å². The molecule has 0 spiro atoms. The van der Waals surface area contributed by atoms with E-state index in [9.17, 15) is 0 Å². The molecule has 2 atom stereocenters. The fraction of sp³-hybridized carbons (Fsp3) is 0.643. The van der Waals surface area contributed by atoms with Crippen LogP contribution in [0.1, 0.15) is 24.8 Å². The molecule has 0 radical (unpaired) electrons. The average molecular weight is 266 g/mol. The van der Waals surface area contributed by atoms with Gasteiger partial charge in [-0.25, -0.2) is 4.98 Å². The zero-order valence-electron chi connectivity index (χ0n) is 10.8. The molecule has 0 saturated carbocycles. The van der Waals surface area contributed by atoms with Gasteiger partial charge in [0.1, 0.15) is 5.15 Å². The zero-order valence-corrected chi connectivity index (χ0v) is 11.6. The van der Waals surface area contributed by atoms with Gasteiger partial charge in [0.15, 0.2) is 0 Å². The highest BCUT2D eigenvalue weighted by molar-refractivity contribution is 6.30. The quantitative estimate of drug-likeness (QED) is 0.792. The molecular formula is C14H20ClN3. The molecule has 2 aliphatic heterocycles. The predicted molar refractivity (Wildman–Crippen MR) is 75.3 cm³/mol. The van der Waals surface area contributed by atoms with Crippen LogP contribution in [0.15, 0.2) is 12.3 Å². The third-order valence-electron chi connectivity index (χ3n) is 4.28. The molecule has 4 heteroatoms. The van der Waals surface area contributed by atoms with E-state index in [1.54, 1.807) is 0 Å². The van der Waals surface area contributed by atoms with Gasteiger partial charge in [0.25, 0.3) is 0 Å². The number of halogens is 1. The van der Waals surface area contributed by atoms with Gasteiger partial charge in [-0.15, -0.1) is 0 Å². The van der Waals surface area contributed by atoms with Crippen molar-refractivity contribution in [2.75, 3.05) is 24.5 Å². The fourth-order valence-electron chi connectivity index (χ4n) is 3.20. The summed E-state index contributed by atoms with van der Waals surface area (Å²) in [6.45, 7) is 5.44. The highest BCUT2D eigenvalue weighted by atomic mass is 35.5. The molecule has 2 saturated heterocycles. The van der Waals surface area contributed by atoms with Crippen LogP contribution in [0, 0.1) is 12.8 Å². The topological polar surface area (TPSA) is 28.2 Å². The van der Waals surface area contributed by atoms with Crippen molar-refractivity contribution in [3.63, 3.8) is 0 Å². The van der Waals surface area contributed by atoms with Crippen LogP contribution >= 0.6 is 11.6 Å². The Labute approximate surface area is 114 Å². The molecular weight excluding hydrogens is 246 g/mol. The molecule has 0 aromatic carbocycles. The molecule has 2 fully saturated rings. The molecule has 1 aromatic rings. The molecule has 0 amide bonds. The summed E-state index contributed by atoms with van der Waals surface area (Å²) in [5.74, 6) is 0.872. The molecule has 0 unspecified atom stereocenters. The summed E-state index contributed by atoms with van der Waals surface area (Å²) >= 11 is 6.00. The number of hydrogen-bond acceptors (Lipinski definition) is 3. The van der Waals surface area contributed by atoms with E-state index in [2.05, 4.69) is 21.3 Å². The lowest BCUT2D eigenvalue weighted by atomic mass is 9.97. The first-order valence-corrected chi connectivity index (χ1v) is 7.22. The Morgan fingerprint density at radius 2 is 2.33 bits per heavy atom. The molecule has 2 aliphatic rings. The van der Waals surface area contributed by atoms with Crippen LogP contribution < -0.4 is 10.2 Å². The van der Waals surface area contributed by atoms with Crippen molar-refractivity contribution in [2.45, 2.75) is 32.2 Å². The smallest absolute Gasteiger partial charge is 0.132 e. The van der Waals surface area contributed by atoms with E-state index >= 15 is 0 Å².